The highest BCUT2D eigenvalue weighted by Gasteiger charge is 2.27. The van der Waals surface area contributed by atoms with Gasteiger partial charge in [0.1, 0.15) is 5.76 Å². The molecule has 1 amide bonds. The smallest absolute Gasteiger partial charge is 0.255 e. The number of carbonyl (C=O) groups is 1. The maximum Gasteiger partial charge on any atom is 0.255 e. The second-order valence-electron chi connectivity index (χ2n) is 8.67. The van der Waals surface area contributed by atoms with Gasteiger partial charge in [0, 0.05) is 42.4 Å². The first kappa shape index (κ1) is 21.0. The van der Waals surface area contributed by atoms with Gasteiger partial charge in [-0.2, -0.15) is 0 Å². The van der Waals surface area contributed by atoms with Gasteiger partial charge in [-0.1, -0.05) is 24.3 Å². The average Bonchev–Trinajstić information content (AvgIpc) is 3.53. The Bertz CT molecular complexity index is 1210. The average molecular weight is 451 g/mol. The minimum Gasteiger partial charge on any atom is -0.468 e. The van der Waals surface area contributed by atoms with E-state index in [9.17, 15) is 13.2 Å². The van der Waals surface area contributed by atoms with Crippen molar-refractivity contribution in [1.82, 2.24) is 4.90 Å². The van der Waals surface area contributed by atoms with Gasteiger partial charge >= 0.3 is 0 Å². The molecule has 1 saturated carbocycles. The Labute approximate surface area is 188 Å². The van der Waals surface area contributed by atoms with Crippen LogP contribution in [0.15, 0.2) is 65.3 Å². The van der Waals surface area contributed by atoms with Crippen LogP contribution in [0, 0.1) is 0 Å². The molecule has 1 aromatic heterocycles. The molecular formula is C25H26N2O4S. The Morgan fingerprint density at radius 2 is 1.75 bits per heavy atom. The number of sulfone groups is 1. The van der Waals surface area contributed by atoms with E-state index in [2.05, 4.69) is 16.3 Å². The van der Waals surface area contributed by atoms with Crippen molar-refractivity contribution in [2.45, 2.75) is 25.3 Å². The molecule has 0 spiro atoms. The Morgan fingerprint density at radius 3 is 2.47 bits per heavy atom. The van der Waals surface area contributed by atoms with Crippen LogP contribution in [0.3, 0.4) is 0 Å². The molecule has 1 aliphatic heterocycles. The molecular weight excluding hydrogens is 424 g/mol. The van der Waals surface area contributed by atoms with Gasteiger partial charge in [0.2, 0.25) is 0 Å². The first-order valence-corrected chi connectivity index (χ1v) is 12.8. The Hall–Kier alpha value is -2.90. The largest absolute Gasteiger partial charge is 0.468 e. The summed E-state index contributed by atoms with van der Waals surface area (Å²) in [6.07, 6.45) is 4.21. The normalized spacial score (nSPS) is 18.4. The van der Waals surface area contributed by atoms with Crippen LogP contribution in [0.4, 0.5) is 5.69 Å². The molecule has 2 aliphatic rings. The van der Waals surface area contributed by atoms with Crippen LogP contribution < -0.4 is 5.32 Å². The fraction of sp³-hybridized carbons (Fsp3) is 0.320. The van der Waals surface area contributed by atoms with Gasteiger partial charge < -0.3 is 9.73 Å². The number of furan rings is 1. The lowest BCUT2D eigenvalue weighted by Crippen LogP contribution is -2.39. The van der Waals surface area contributed by atoms with E-state index in [1.807, 2.05) is 42.5 Å². The molecule has 0 bridgehead atoms. The zero-order valence-corrected chi connectivity index (χ0v) is 18.6. The number of nitrogens with zero attached hydrogens (tertiary/aromatic N) is 1. The Balaban J connectivity index is 1.21. The molecule has 2 fully saturated rings. The van der Waals surface area contributed by atoms with E-state index in [4.69, 9.17) is 4.42 Å². The van der Waals surface area contributed by atoms with Crippen molar-refractivity contribution < 1.29 is 17.6 Å². The van der Waals surface area contributed by atoms with Crippen molar-refractivity contribution >= 4 is 21.4 Å². The summed E-state index contributed by atoms with van der Waals surface area (Å²) in [6, 6.07) is 17.4. The molecule has 1 N–H and O–H groups in total. The zero-order chi connectivity index (χ0) is 22.1. The lowest BCUT2D eigenvalue weighted by atomic mass is 10.1. The van der Waals surface area contributed by atoms with Gasteiger partial charge in [0.25, 0.3) is 5.91 Å². The molecule has 166 valence electrons. The van der Waals surface area contributed by atoms with Gasteiger partial charge in [0.05, 0.1) is 17.8 Å². The van der Waals surface area contributed by atoms with Crippen molar-refractivity contribution in [1.29, 1.82) is 0 Å². The van der Waals surface area contributed by atoms with Gasteiger partial charge in [0.15, 0.2) is 9.84 Å². The van der Waals surface area contributed by atoms with Crippen LogP contribution in [0.5, 0.6) is 0 Å². The SMILES string of the molecule is O=C(Nc1ccc(-c2coc(C3CC3)c2)cc1)c1cccc(CN2CCS(=O)(=O)CC2)c1. The summed E-state index contributed by atoms with van der Waals surface area (Å²) in [6.45, 7) is 1.70. The second-order valence-corrected chi connectivity index (χ2v) is 11.0. The van der Waals surface area contributed by atoms with Crippen LogP contribution in [-0.2, 0) is 16.4 Å². The minimum absolute atomic E-state index is 0.167. The molecule has 0 unspecified atom stereocenters. The maximum absolute atomic E-state index is 12.8. The van der Waals surface area contributed by atoms with Crippen LogP contribution >= 0.6 is 0 Å². The van der Waals surface area contributed by atoms with E-state index in [1.165, 1.54) is 12.8 Å². The maximum atomic E-state index is 12.8. The molecule has 5 rings (SSSR count). The highest BCUT2D eigenvalue weighted by Crippen LogP contribution is 2.42. The quantitative estimate of drug-likeness (QED) is 0.606. The summed E-state index contributed by atoms with van der Waals surface area (Å²) in [4.78, 5) is 14.9. The van der Waals surface area contributed by atoms with E-state index in [0.29, 0.717) is 31.1 Å². The fourth-order valence-electron chi connectivity index (χ4n) is 4.01. The van der Waals surface area contributed by atoms with Crippen molar-refractivity contribution in [3.63, 3.8) is 0 Å². The van der Waals surface area contributed by atoms with Gasteiger partial charge in [-0.05, 0) is 54.3 Å². The summed E-state index contributed by atoms with van der Waals surface area (Å²) in [5.74, 6) is 1.87. The minimum atomic E-state index is -2.90. The third-order valence-corrected chi connectivity index (χ3v) is 7.72. The zero-order valence-electron chi connectivity index (χ0n) is 17.8. The summed E-state index contributed by atoms with van der Waals surface area (Å²) in [5, 5.41) is 2.96. The second kappa shape index (κ2) is 8.56. The lowest BCUT2D eigenvalue weighted by Gasteiger charge is -2.26. The predicted octanol–water partition coefficient (Wildman–Crippen LogP) is 4.31. The van der Waals surface area contributed by atoms with Crippen molar-refractivity contribution in [2.75, 3.05) is 29.9 Å². The lowest BCUT2D eigenvalue weighted by molar-refractivity contribution is 0.102. The number of benzene rings is 2. The molecule has 2 heterocycles. The summed E-state index contributed by atoms with van der Waals surface area (Å²) >= 11 is 0. The predicted molar refractivity (Wildman–Crippen MR) is 124 cm³/mol. The van der Waals surface area contributed by atoms with Crippen LogP contribution in [0.25, 0.3) is 11.1 Å². The number of rotatable bonds is 6. The molecule has 3 aromatic rings. The Morgan fingerprint density at radius 1 is 1.00 bits per heavy atom. The highest BCUT2D eigenvalue weighted by atomic mass is 32.2. The van der Waals surface area contributed by atoms with E-state index >= 15 is 0 Å². The van der Waals surface area contributed by atoms with Crippen molar-refractivity contribution in [3.05, 3.63) is 77.7 Å². The summed E-state index contributed by atoms with van der Waals surface area (Å²) < 4.78 is 28.9. The van der Waals surface area contributed by atoms with Gasteiger partial charge in [-0.3, -0.25) is 9.69 Å². The third-order valence-electron chi connectivity index (χ3n) is 6.11. The van der Waals surface area contributed by atoms with Crippen LogP contribution in [0.2, 0.25) is 0 Å². The van der Waals surface area contributed by atoms with Crippen molar-refractivity contribution in [2.24, 2.45) is 0 Å². The van der Waals surface area contributed by atoms with E-state index in [1.54, 1.807) is 12.3 Å². The van der Waals surface area contributed by atoms with Crippen LogP contribution in [0.1, 0.15) is 40.4 Å². The fourth-order valence-corrected chi connectivity index (χ4v) is 5.29. The van der Waals surface area contributed by atoms with E-state index < -0.39 is 9.84 Å². The third kappa shape index (κ3) is 4.95. The summed E-state index contributed by atoms with van der Waals surface area (Å²) in [5.41, 5.74) is 4.43. The monoisotopic (exact) mass is 450 g/mol. The molecule has 7 heteroatoms. The molecule has 1 saturated heterocycles. The number of anilines is 1. The standard InChI is InChI=1S/C25H26N2O4S/c28-25(21-3-1-2-18(14-21)16-27-10-12-32(29,30)13-11-27)26-23-8-6-19(7-9-23)22-15-24(31-17-22)20-4-5-20/h1-3,6-9,14-15,17,20H,4-5,10-13,16H2,(H,26,28). The molecule has 2 aromatic carbocycles. The topological polar surface area (TPSA) is 79.6 Å². The molecule has 6 nitrogen and oxygen atoms in total. The molecule has 1 aliphatic carbocycles. The first-order valence-electron chi connectivity index (χ1n) is 11.0. The van der Waals surface area contributed by atoms with Gasteiger partial charge in [-0.15, -0.1) is 0 Å². The van der Waals surface area contributed by atoms with Crippen LogP contribution in [-0.4, -0.2) is 43.8 Å². The molecule has 32 heavy (non-hydrogen) atoms. The molecule has 0 radical (unpaired) electrons. The summed E-state index contributed by atoms with van der Waals surface area (Å²) in [7, 11) is -2.90. The number of carbonyl (C=O) groups excluding carboxylic acids is 1. The number of nitrogens with one attached hydrogen (secondary N) is 1. The van der Waals surface area contributed by atoms with E-state index in [-0.39, 0.29) is 17.4 Å². The number of amides is 1. The number of hydrogen-bond acceptors (Lipinski definition) is 5. The van der Waals surface area contributed by atoms with Gasteiger partial charge in [-0.25, -0.2) is 8.42 Å². The number of hydrogen-bond donors (Lipinski definition) is 1. The highest BCUT2D eigenvalue weighted by molar-refractivity contribution is 7.91. The Kier molecular flexibility index (Phi) is 5.61. The van der Waals surface area contributed by atoms with E-state index in [0.717, 1.165) is 28.1 Å². The first-order chi connectivity index (χ1) is 15.4. The molecule has 0 atom stereocenters. The van der Waals surface area contributed by atoms with Crippen molar-refractivity contribution in [3.8, 4) is 11.1 Å².